The Balaban J connectivity index is 1.55. The van der Waals surface area contributed by atoms with Crippen molar-refractivity contribution in [1.82, 2.24) is 4.90 Å². The number of amides is 1. The van der Waals surface area contributed by atoms with E-state index < -0.39 is 0 Å². The summed E-state index contributed by atoms with van der Waals surface area (Å²) in [5.74, 6) is 0.887. The maximum absolute atomic E-state index is 13.4. The van der Waals surface area contributed by atoms with Crippen LogP contribution in [-0.2, 0) is 10.2 Å². The molecular weight excluding hydrogens is 302 g/mol. The molecule has 3 heteroatoms. The molecule has 1 saturated heterocycles. The summed E-state index contributed by atoms with van der Waals surface area (Å²) >= 11 is 1.76. The lowest BCUT2D eigenvalue weighted by molar-refractivity contribution is -0.136. The van der Waals surface area contributed by atoms with Crippen LogP contribution in [0.5, 0.6) is 0 Å². The van der Waals surface area contributed by atoms with Gasteiger partial charge < -0.3 is 4.90 Å². The lowest BCUT2D eigenvalue weighted by Crippen LogP contribution is -2.44. The summed E-state index contributed by atoms with van der Waals surface area (Å²) in [5, 5.41) is 2.11. The van der Waals surface area contributed by atoms with Crippen LogP contribution in [0.3, 0.4) is 0 Å². The first-order valence-electron chi connectivity index (χ1n) is 8.68. The van der Waals surface area contributed by atoms with Crippen LogP contribution in [0.4, 0.5) is 0 Å². The molecule has 0 bridgehead atoms. The molecule has 0 radical (unpaired) electrons. The van der Waals surface area contributed by atoms with Crippen LogP contribution in [0, 0.1) is 0 Å². The van der Waals surface area contributed by atoms with E-state index in [2.05, 4.69) is 52.7 Å². The van der Waals surface area contributed by atoms with Gasteiger partial charge in [0.1, 0.15) is 0 Å². The maximum atomic E-state index is 13.4. The molecule has 1 aliphatic heterocycles. The van der Waals surface area contributed by atoms with Gasteiger partial charge in [0.25, 0.3) is 0 Å². The third-order valence-electron chi connectivity index (χ3n) is 5.61. The van der Waals surface area contributed by atoms with E-state index in [0.717, 1.165) is 32.4 Å². The number of hydrogen-bond donors (Lipinski definition) is 0. The van der Waals surface area contributed by atoms with Gasteiger partial charge in [0.15, 0.2) is 0 Å². The van der Waals surface area contributed by atoms with Crippen molar-refractivity contribution in [1.29, 1.82) is 0 Å². The van der Waals surface area contributed by atoms with Crippen LogP contribution in [0.15, 0.2) is 47.8 Å². The third kappa shape index (κ3) is 2.61. The number of nitrogens with zero attached hydrogens (tertiary/aromatic N) is 1. The van der Waals surface area contributed by atoms with Crippen molar-refractivity contribution in [2.24, 2.45) is 0 Å². The predicted molar refractivity (Wildman–Crippen MR) is 94.8 cm³/mol. The number of rotatable bonds is 3. The summed E-state index contributed by atoms with van der Waals surface area (Å²) in [7, 11) is 0. The second-order valence-electron chi connectivity index (χ2n) is 6.91. The van der Waals surface area contributed by atoms with Crippen molar-refractivity contribution in [2.75, 3.05) is 13.1 Å². The van der Waals surface area contributed by atoms with Crippen LogP contribution in [0.1, 0.15) is 48.5 Å². The highest BCUT2D eigenvalue weighted by Gasteiger charge is 2.46. The smallest absolute Gasteiger partial charge is 0.234 e. The van der Waals surface area contributed by atoms with Crippen molar-refractivity contribution >= 4 is 17.2 Å². The first-order chi connectivity index (χ1) is 11.3. The van der Waals surface area contributed by atoms with Gasteiger partial charge in [-0.2, -0.15) is 0 Å². The van der Waals surface area contributed by atoms with E-state index in [4.69, 9.17) is 0 Å². The largest absolute Gasteiger partial charge is 0.341 e. The number of carbonyl (C=O) groups excluding carboxylic acids is 1. The van der Waals surface area contributed by atoms with E-state index in [9.17, 15) is 4.79 Å². The Morgan fingerprint density at radius 3 is 2.57 bits per heavy atom. The highest BCUT2D eigenvalue weighted by atomic mass is 32.1. The predicted octanol–water partition coefficient (Wildman–Crippen LogP) is 4.58. The van der Waals surface area contributed by atoms with E-state index >= 15 is 0 Å². The number of benzene rings is 1. The summed E-state index contributed by atoms with van der Waals surface area (Å²) in [6.07, 6.45) is 5.51. The van der Waals surface area contributed by atoms with Crippen molar-refractivity contribution in [3.8, 4) is 0 Å². The zero-order valence-electron chi connectivity index (χ0n) is 13.4. The molecule has 1 saturated carbocycles. The van der Waals surface area contributed by atoms with Crippen LogP contribution < -0.4 is 0 Å². The second-order valence-corrected chi connectivity index (χ2v) is 7.86. The standard InChI is InChI=1S/C20H23NOS/c22-19(20(11-4-5-12-20)18-9-6-14-23-18)21-13-10-17(15-21)16-7-2-1-3-8-16/h1-3,6-9,14,17H,4-5,10-13,15H2. The Kier molecular flexibility index (Phi) is 3.98. The van der Waals surface area contributed by atoms with E-state index in [0.29, 0.717) is 11.8 Å². The quantitative estimate of drug-likeness (QED) is 0.809. The Morgan fingerprint density at radius 2 is 1.87 bits per heavy atom. The Bertz CT molecular complexity index is 658. The van der Waals surface area contributed by atoms with Gasteiger partial charge in [-0.05, 0) is 36.3 Å². The molecule has 1 aromatic carbocycles. The average molecular weight is 325 g/mol. The first kappa shape index (κ1) is 14.9. The molecule has 2 aliphatic rings. The van der Waals surface area contributed by atoms with Crippen molar-refractivity contribution in [3.63, 3.8) is 0 Å². The normalized spacial score (nSPS) is 23.3. The molecular formula is C20H23NOS. The van der Waals surface area contributed by atoms with Gasteiger partial charge in [-0.1, -0.05) is 49.2 Å². The zero-order valence-corrected chi connectivity index (χ0v) is 14.2. The van der Waals surface area contributed by atoms with Crippen LogP contribution in [0.25, 0.3) is 0 Å². The van der Waals surface area contributed by atoms with Gasteiger partial charge in [0, 0.05) is 23.9 Å². The lowest BCUT2D eigenvalue weighted by Gasteiger charge is -2.31. The molecule has 1 amide bonds. The minimum Gasteiger partial charge on any atom is -0.341 e. The molecule has 1 aromatic heterocycles. The molecule has 0 N–H and O–H groups in total. The van der Waals surface area contributed by atoms with Crippen molar-refractivity contribution in [3.05, 3.63) is 58.3 Å². The Morgan fingerprint density at radius 1 is 1.09 bits per heavy atom. The van der Waals surface area contributed by atoms with Crippen LogP contribution >= 0.6 is 11.3 Å². The molecule has 0 spiro atoms. The number of likely N-dealkylation sites (tertiary alicyclic amines) is 1. The minimum atomic E-state index is -0.222. The molecule has 1 unspecified atom stereocenters. The van der Waals surface area contributed by atoms with Gasteiger partial charge >= 0.3 is 0 Å². The summed E-state index contributed by atoms with van der Waals surface area (Å²) in [6, 6.07) is 14.9. The van der Waals surface area contributed by atoms with Crippen molar-refractivity contribution in [2.45, 2.75) is 43.4 Å². The second kappa shape index (κ2) is 6.12. The summed E-state index contributed by atoms with van der Waals surface area (Å²) < 4.78 is 0. The molecule has 2 fully saturated rings. The first-order valence-corrected chi connectivity index (χ1v) is 9.56. The zero-order chi connectivity index (χ0) is 15.7. The van der Waals surface area contributed by atoms with Crippen LogP contribution in [0.2, 0.25) is 0 Å². The molecule has 4 rings (SSSR count). The number of hydrogen-bond acceptors (Lipinski definition) is 2. The molecule has 120 valence electrons. The fraction of sp³-hybridized carbons (Fsp3) is 0.450. The van der Waals surface area contributed by atoms with E-state index in [1.807, 2.05) is 0 Å². The summed E-state index contributed by atoms with van der Waals surface area (Å²) in [6.45, 7) is 1.79. The van der Waals surface area contributed by atoms with Crippen LogP contribution in [-0.4, -0.2) is 23.9 Å². The van der Waals surface area contributed by atoms with Gasteiger partial charge in [-0.25, -0.2) is 0 Å². The van der Waals surface area contributed by atoms with Gasteiger partial charge in [0.05, 0.1) is 5.41 Å². The fourth-order valence-electron chi connectivity index (χ4n) is 4.34. The molecule has 23 heavy (non-hydrogen) atoms. The van der Waals surface area contributed by atoms with Gasteiger partial charge in [-0.3, -0.25) is 4.79 Å². The number of carbonyl (C=O) groups is 1. The molecule has 2 nitrogen and oxygen atoms in total. The topological polar surface area (TPSA) is 20.3 Å². The third-order valence-corrected chi connectivity index (χ3v) is 6.68. The molecule has 1 aliphatic carbocycles. The highest BCUT2D eigenvalue weighted by molar-refractivity contribution is 7.10. The Hall–Kier alpha value is -1.61. The van der Waals surface area contributed by atoms with E-state index in [1.54, 1.807) is 11.3 Å². The van der Waals surface area contributed by atoms with Crippen molar-refractivity contribution < 1.29 is 4.79 Å². The Labute approximate surface area is 142 Å². The molecule has 1 atom stereocenters. The minimum absolute atomic E-state index is 0.222. The fourth-order valence-corrected chi connectivity index (χ4v) is 5.32. The molecule has 2 heterocycles. The van der Waals surface area contributed by atoms with Gasteiger partial charge in [-0.15, -0.1) is 11.3 Å². The lowest BCUT2D eigenvalue weighted by atomic mass is 9.83. The average Bonchev–Trinajstić information content (AvgIpc) is 3.35. The van der Waals surface area contributed by atoms with E-state index in [-0.39, 0.29) is 5.41 Å². The van der Waals surface area contributed by atoms with E-state index in [1.165, 1.54) is 23.3 Å². The summed E-state index contributed by atoms with van der Waals surface area (Å²) in [5.41, 5.74) is 1.15. The maximum Gasteiger partial charge on any atom is 0.234 e. The monoisotopic (exact) mass is 325 g/mol. The molecule has 2 aromatic rings. The number of thiophene rings is 1. The summed E-state index contributed by atoms with van der Waals surface area (Å²) in [4.78, 5) is 16.8. The van der Waals surface area contributed by atoms with Gasteiger partial charge in [0.2, 0.25) is 5.91 Å². The highest BCUT2D eigenvalue weighted by Crippen LogP contribution is 2.45. The SMILES string of the molecule is O=C(N1CCC(c2ccccc2)C1)C1(c2cccs2)CCCC1.